The molecule has 1 amide bonds. The van der Waals surface area contributed by atoms with Gasteiger partial charge in [0.05, 0.1) is 11.0 Å². The van der Waals surface area contributed by atoms with Crippen LogP contribution < -0.4 is 10.1 Å². The molecule has 1 N–H and O–H groups in total. The van der Waals surface area contributed by atoms with Gasteiger partial charge in [0.1, 0.15) is 5.75 Å². The average Bonchev–Trinajstić information content (AvgIpc) is 2.96. The Labute approximate surface area is 177 Å². The molecule has 0 unspecified atom stereocenters. The summed E-state index contributed by atoms with van der Waals surface area (Å²) in [7, 11) is 0. The molecule has 0 saturated carbocycles. The van der Waals surface area contributed by atoms with Crippen LogP contribution in [0.1, 0.15) is 15.9 Å². The molecule has 0 atom stereocenters. The molecule has 0 aliphatic heterocycles. The maximum absolute atomic E-state index is 12.4. The maximum atomic E-state index is 12.4. The number of nitrogens with one attached hydrogen (secondary N) is 1. The standard InChI is InChI=1S/C18H12BrCl2F2N3O2/c19-14-9-26(8-11-1-4-12(20)7-15(11)21)25-16(14)24-17(27)10-2-5-13(6-3-10)28-18(22)23/h1-7,9,18H,8H2,(H,24,25,27). The predicted octanol–water partition coefficient (Wildman–Crippen LogP) is 5.85. The van der Waals surface area contributed by atoms with Gasteiger partial charge in [0.15, 0.2) is 5.82 Å². The van der Waals surface area contributed by atoms with E-state index in [9.17, 15) is 13.6 Å². The maximum Gasteiger partial charge on any atom is 0.387 e. The lowest BCUT2D eigenvalue weighted by molar-refractivity contribution is -0.0498. The fourth-order valence-electron chi connectivity index (χ4n) is 2.35. The molecule has 2 aromatic carbocycles. The van der Waals surface area contributed by atoms with Crippen molar-refractivity contribution in [2.24, 2.45) is 0 Å². The van der Waals surface area contributed by atoms with Gasteiger partial charge in [-0.25, -0.2) is 0 Å². The fourth-order valence-corrected chi connectivity index (χ4v) is 3.24. The Morgan fingerprint density at radius 2 is 1.93 bits per heavy atom. The number of carbonyl (C=O) groups excluding carboxylic acids is 1. The monoisotopic (exact) mass is 489 g/mol. The number of nitrogens with zero attached hydrogens (tertiary/aromatic N) is 2. The number of anilines is 1. The summed E-state index contributed by atoms with van der Waals surface area (Å²) in [6.45, 7) is -2.54. The molecular weight excluding hydrogens is 479 g/mol. The molecule has 0 bridgehead atoms. The minimum Gasteiger partial charge on any atom is -0.435 e. The smallest absolute Gasteiger partial charge is 0.387 e. The van der Waals surface area contributed by atoms with Crippen LogP contribution in [0.4, 0.5) is 14.6 Å². The molecule has 146 valence electrons. The van der Waals surface area contributed by atoms with Crippen molar-refractivity contribution in [1.82, 2.24) is 9.78 Å². The van der Waals surface area contributed by atoms with Crippen molar-refractivity contribution in [3.05, 3.63) is 74.3 Å². The largest absolute Gasteiger partial charge is 0.435 e. The zero-order valence-electron chi connectivity index (χ0n) is 14.0. The second kappa shape index (κ2) is 8.89. The minimum atomic E-state index is -2.92. The van der Waals surface area contributed by atoms with Crippen LogP contribution in [0.5, 0.6) is 5.75 Å². The second-order valence-electron chi connectivity index (χ2n) is 5.62. The van der Waals surface area contributed by atoms with Gasteiger partial charge in [-0.2, -0.15) is 13.9 Å². The summed E-state index contributed by atoms with van der Waals surface area (Å²) in [5.41, 5.74) is 1.08. The van der Waals surface area contributed by atoms with Crippen LogP contribution in [0.25, 0.3) is 0 Å². The molecular formula is C18H12BrCl2F2N3O2. The Morgan fingerprint density at radius 1 is 1.21 bits per heavy atom. The Hall–Kier alpha value is -2.16. The van der Waals surface area contributed by atoms with E-state index in [1.165, 1.54) is 24.3 Å². The molecule has 3 rings (SSSR count). The van der Waals surface area contributed by atoms with Crippen LogP contribution in [0.3, 0.4) is 0 Å². The summed E-state index contributed by atoms with van der Waals surface area (Å²) in [5.74, 6) is -0.168. The minimum absolute atomic E-state index is 0.0307. The van der Waals surface area contributed by atoms with Crippen LogP contribution in [0.2, 0.25) is 10.0 Å². The lowest BCUT2D eigenvalue weighted by atomic mass is 10.2. The molecule has 0 spiro atoms. The van der Waals surface area contributed by atoms with Crippen LogP contribution in [-0.4, -0.2) is 22.3 Å². The van der Waals surface area contributed by atoms with Crippen LogP contribution >= 0.6 is 39.1 Å². The van der Waals surface area contributed by atoms with Crippen LogP contribution in [0.15, 0.2) is 53.1 Å². The van der Waals surface area contributed by atoms with E-state index < -0.39 is 12.5 Å². The van der Waals surface area contributed by atoms with Gasteiger partial charge in [0.2, 0.25) is 0 Å². The quantitative estimate of drug-likeness (QED) is 0.471. The highest BCUT2D eigenvalue weighted by atomic mass is 79.9. The van der Waals surface area contributed by atoms with Gasteiger partial charge in [-0.15, -0.1) is 0 Å². The normalized spacial score (nSPS) is 10.9. The van der Waals surface area contributed by atoms with Gasteiger partial charge in [-0.1, -0.05) is 29.3 Å². The first-order valence-electron chi connectivity index (χ1n) is 7.85. The van der Waals surface area contributed by atoms with Crippen molar-refractivity contribution >= 4 is 50.9 Å². The molecule has 5 nitrogen and oxygen atoms in total. The summed E-state index contributed by atoms with van der Waals surface area (Å²) < 4.78 is 30.8. The third-order valence-corrected chi connectivity index (χ3v) is 4.81. The third-order valence-electron chi connectivity index (χ3n) is 3.64. The number of hydrogen-bond acceptors (Lipinski definition) is 3. The van der Waals surface area contributed by atoms with Crippen molar-refractivity contribution in [2.75, 3.05) is 5.32 Å². The Morgan fingerprint density at radius 3 is 2.57 bits per heavy atom. The summed E-state index contributed by atoms with van der Waals surface area (Å²) in [6.07, 6.45) is 1.69. The SMILES string of the molecule is O=C(Nc1nn(Cc2ccc(Cl)cc2Cl)cc1Br)c1ccc(OC(F)F)cc1. The third kappa shape index (κ3) is 5.21. The molecule has 0 radical (unpaired) electrons. The lowest BCUT2D eigenvalue weighted by Crippen LogP contribution is -2.13. The number of halogens is 5. The number of aromatic nitrogens is 2. The van der Waals surface area contributed by atoms with E-state index in [-0.39, 0.29) is 11.3 Å². The molecule has 0 fully saturated rings. The zero-order chi connectivity index (χ0) is 20.3. The van der Waals surface area contributed by atoms with E-state index in [2.05, 4.69) is 31.1 Å². The van der Waals surface area contributed by atoms with Crippen LogP contribution in [-0.2, 0) is 6.54 Å². The molecule has 0 saturated heterocycles. The number of benzene rings is 2. The van der Waals surface area contributed by atoms with Gasteiger partial charge in [-0.3, -0.25) is 9.48 Å². The number of rotatable bonds is 6. The molecule has 28 heavy (non-hydrogen) atoms. The number of carbonyl (C=O) groups is 1. The number of hydrogen-bond donors (Lipinski definition) is 1. The second-order valence-corrected chi connectivity index (χ2v) is 7.31. The summed E-state index contributed by atoms with van der Waals surface area (Å²) >= 11 is 15.4. The fraction of sp³-hybridized carbons (Fsp3) is 0.111. The van der Waals surface area contributed by atoms with E-state index in [0.717, 1.165) is 5.56 Å². The number of alkyl halides is 2. The highest BCUT2D eigenvalue weighted by molar-refractivity contribution is 9.10. The van der Waals surface area contributed by atoms with Crippen molar-refractivity contribution < 1.29 is 18.3 Å². The molecule has 3 aromatic rings. The Bertz CT molecular complexity index is 997. The first-order chi connectivity index (χ1) is 13.3. The van der Waals surface area contributed by atoms with Gasteiger partial charge < -0.3 is 10.1 Å². The van der Waals surface area contributed by atoms with E-state index >= 15 is 0 Å². The van der Waals surface area contributed by atoms with E-state index in [4.69, 9.17) is 23.2 Å². The Kier molecular flexibility index (Phi) is 6.53. The van der Waals surface area contributed by atoms with Crippen molar-refractivity contribution in [2.45, 2.75) is 13.2 Å². The first-order valence-corrected chi connectivity index (χ1v) is 9.40. The highest BCUT2D eigenvalue weighted by Gasteiger charge is 2.14. The number of ether oxygens (including phenoxy) is 1. The Balaban J connectivity index is 1.70. The molecule has 0 aliphatic carbocycles. The average molecular weight is 491 g/mol. The zero-order valence-corrected chi connectivity index (χ0v) is 17.1. The predicted molar refractivity (Wildman–Crippen MR) is 107 cm³/mol. The molecule has 0 aliphatic rings. The van der Waals surface area contributed by atoms with Crippen molar-refractivity contribution in [1.29, 1.82) is 0 Å². The molecule has 10 heteroatoms. The van der Waals surface area contributed by atoms with E-state index in [1.54, 1.807) is 29.1 Å². The van der Waals surface area contributed by atoms with Gasteiger partial charge in [0, 0.05) is 21.8 Å². The van der Waals surface area contributed by atoms with Gasteiger partial charge in [0.25, 0.3) is 5.91 Å². The highest BCUT2D eigenvalue weighted by Crippen LogP contribution is 2.25. The summed E-state index contributed by atoms with van der Waals surface area (Å²) in [5, 5.41) is 8.01. The van der Waals surface area contributed by atoms with Gasteiger partial charge >= 0.3 is 6.61 Å². The van der Waals surface area contributed by atoms with Crippen molar-refractivity contribution in [3.63, 3.8) is 0 Å². The number of amides is 1. The topological polar surface area (TPSA) is 56.2 Å². The molecule has 1 aromatic heterocycles. The lowest BCUT2D eigenvalue weighted by Gasteiger charge is -2.06. The molecule has 1 heterocycles. The summed E-state index contributed by atoms with van der Waals surface area (Å²) in [4.78, 5) is 12.4. The van der Waals surface area contributed by atoms with Gasteiger partial charge in [-0.05, 0) is 57.9 Å². The first kappa shape index (κ1) is 20.6. The summed E-state index contributed by atoms with van der Waals surface area (Å²) in [6, 6.07) is 10.5. The van der Waals surface area contributed by atoms with E-state index in [1.807, 2.05) is 0 Å². The van der Waals surface area contributed by atoms with Crippen LogP contribution in [0, 0.1) is 0 Å². The van der Waals surface area contributed by atoms with Crippen molar-refractivity contribution in [3.8, 4) is 5.75 Å². The van der Waals surface area contributed by atoms with E-state index in [0.29, 0.717) is 26.9 Å².